The van der Waals surface area contributed by atoms with Gasteiger partial charge in [0, 0.05) is 43.8 Å². The summed E-state index contributed by atoms with van der Waals surface area (Å²) < 4.78 is 24.0. The molecule has 4 aliphatic rings. The molecular weight excluding hydrogens is 1050 g/mol. The highest BCUT2D eigenvalue weighted by molar-refractivity contribution is 6.89. The fourth-order valence-corrected chi connectivity index (χ4v) is 31.3. The molecule has 0 fully saturated rings. The van der Waals surface area contributed by atoms with Crippen LogP contribution in [0.25, 0.3) is 21.5 Å². The molecule has 10 rings (SSSR count). The minimum absolute atomic E-state index is 0.660. The molecule has 430 valence electrons. The molecule has 4 aliphatic heterocycles. The number of unbranched alkanes of at least 4 members (excludes halogenated alkanes) is 18. The van der Waals surface area contributed by atoms with Crippen molar-refractivity contribution in [3.8, 4) is 0 Å². The first kappa shape index (κ1) is 59.0. The van der Waals surface area contributed by atoms with Gasteiger partial charge in [-0.3, -0.25) is 8.47 Å². The Labute approximate surface area is 488 Å². The summed E-state index contributed by atoms with van der Waals surface area (Å²) in [5.74, 6) is 4.24. The summed E-state index contributed by atoms with van der Waals surface area (Å²) in [6.07, 6.45) is 28.7. The minimum Gasteiger partial charge on any atom is -0.404 e. The zero-order valence-corrected chi connectivity index (χ0v) is 53.3. The molecule has 13 heteroatoms. The first-order chi connectivity index (χ1) is 39.9. The van der Waals surface area contributed by atoms with Crippen molar-refractivity contribution in [3.05, 3.63) is 130 Å². The lowest BCUT2D eigenvalue weighted by molar-refractivity contribution is 0.317. The third kappa shape index (κ3) is 12.7. The van der Waals surface area contributed by atoms with Gasteiger partial charge in [0.1, 0.15) is 22.6 Å². The average Bonchev–Trinajstić information content (AvgIpc) is 3.95. The summed E-state index contributed by atoms with van der Waals surface area (Å²) in [5, 5.41) is 4.06. The van der Waals surface area contributed by atoms with Gasteiger partial charge in [-0.1, -0.05) is 293 Å². The van der Waals surface area contributed by atoms with Gasteiger partial charge in [0.05, 0.1) is 0 Å². The fourth-order valence-electron chi connectivity index (χ4n) is 13.5. The third-order valence-corrected chi connectivity index (χ3v) is 33.1. The van der Waals surface area contributed by atoms with E-state index in [0.717, 1.165) is 141 Å². The zero-order chi connectivity index (χ0) is 56.1. The van der Waals surface area contributed by atoms with Crippen molar-refractivity contribution in [1.29, 1.82) is 0 Å². The highest BCUT2D eigenvalue weighted by Gasteiger charge is 2.60. The highest BCUT2D eigenvalue weighted by atomic mass is 28.5. The number of amidine groups is 4. The summed E-state index contributed by atoms with van der Waals surface area (Å²) in [5.41, 5.74) is 5.51. The maximum atomic E-state index is 9.46. The van der Waals surface area contributed by atoms with E-state index in [1.807, 2.05) is 0 Å². The maximum absolute atomic E-state index is 9.46. The second-order valence-corrected chi connectivity index (χ2v) is 35.5. The molecular formula is C68H94N8O2Si3. The lowest BCUT2D eigenvalue weighted by atomic mass is 10.1. The molecule has 6 aromatic rings. The first-order valence-electron chi connectivity index (χ1n) is 32.5. The number of hydrogen-bond donors (Lipinski definition) is 0. The molecule has 4 aromatic carbocycles. The van der Waals surface area contributed by atoms with Crippen LogP contribution in [0.15, 0.2) is 127 Å². The summed E-state index contributed by atoms with van der Waals surface area (Å²) in [6.45, 7) is 14.1. The molecule has 0 radical (unpaired) electrons. The third-order valence-electron chi connectivity index (χ3n) is 17.9. The Morgan fingerprint density at radius 2 is 0.580 bits per heavy atom. The van der Waals surface area contributed by atoms with Gasteiger partial charge < -0.3 is 8.23 Å². The van der Waals surface area contributed by atoms with Crippen molar-refractivity contribution in [2.75, 3.05) is 0 Å². The van der Waals surface area contributed by atoms with E-state index in [4.69, 9.17) is 30.0 Å². The number of nitrogens with zero attached hydrogens (tertiary/aromatic N) is 8. The molecule has 0 atom stereocenters. The van der Waals surface area contributed by atoms with E-state index in [2.05, 4.69) is 147 Å². The quantitative estimate of drug-likeness (QED) is 0.0297. The molecule has 0 N–H and O–H groups in total. The van der Waals surface area contributed by atoms with Gasteiger partial charge in [-0.15, -0.1) is 0 Å². The van der Waals surface area contributed by atoms with E-state index < -0.39 is 25.5 Å². The largest absolute Gasteiger partial charge is 0.582 e. The van der Waals surface area contributed by atoms with Gasteiger partial charge in [-0.2, -0.15) is 0 Å². The number of aliphatic imine (C=N–C) groups is 4. The minimum atomic E-state index is -4.45. The Bertz CT molecular complexity index is 3100. The van der Waals surface area contributed by atoms with Crippen LogP contribution in [0, 0.1) is 0 Å². The van der Waals surface area contributed by atoms with E-state index in [-0.39, 0.29) is 0 Å². The number of fused-ring (bicyclic) bond motifs is 14. The van der Waals surface area contributed by atoms with Crippen molar-refractivity contribution in [2.24, 2.45) is 30.0 Å². The molecule has 0 aliphatic carbocycles. The van der Waals surface area contributed by atoms with E-state index >= 15 is 0 Å². The lowest BCUT2D eigenvalue weighted by Crippen LogP contribution is -2.71. The second-order valence-electron chi connectivity index (χ2n) is 24.1. The number of hydrogen-bond acceptors (Lipinski definition) is 8. The van der Waals surface area contributed by atoms with Gasteiger partial charge in [0.15, 0.2) is 40.0 Å². The predicted octanol–water partition coefficient (Wildman–Crippen LogP) is 18.8. The first-order valence-corrected chi connectivity index (χ1v) is 39.3. The van der Waals surface area contributed by atoms with Crippen LogP contribution in [-0.4, -0.2) is 57.3 Å². The van der Waals surface area contributed by atoms with Crippen molar-refractivity contribution in [2.45, 2.75) is 232 Å². The van der Waals surface area contributed by atoms with Crippen LogP contribution in [-0.2, 0) is 8.23 Å². The van der Waals surface area contributed by atoms with Crippen molar-refractivity contribution < 1.29 is 8.23 Å². The van der Waals surface area contributed by atoms with Crippen molar-refractivity contribution in [3.63, 3.8) is 0 Å². The topological polar surface area (TPSA) is 102 Å². The SMILES string of the molecule is CCCCCC[Si](CCCCCC)(CCCCCC)O[Si]1(O[Si](CCCCCC)(CCCCCC)CCCCCC)n2c3c4ccccc4c2N=C2N=C(N=c4c5ccccc5c(n41)=NC1=NC(=N3)c3ccccc31)c1ccccc12. The van der Waals surface area contributed by atoms with Gasteiger partial charge in [-0.25, -0.2) is 30.0 Å². The van der Waals surface area contributed by atoms with E-state index in [0.29, 0.717) is 23.3 Å². The van der Waals surface area contributed by atoms with Crippen molar-refractivity contribution >= 4 is 82.0 Å². The normalized spacial score (nSPS) is 15.0. The molecule has 0 saturated carbocycles. The van der Waals surface area contributed by atoms with Gasteiger partial charge in [0.2, 0.25) is 0 Å². The van der Waals surface area contributed by atoms with Crippen LogP contribution < -0.4 is 11.0 Å². The molecule has 0 saturated heterocycles. The summed E-state index contributed by atoms with van der Waals surface area (Å²) in [4.78, 5) is 35.0. The average molecular weight is 1140 g/mol. The zero-order valence-electron chi connectivity index (χ0n) is 50.3. The summed E-state index contributed by atoms with van der Waals surface area (Å²) in [6, 6.07) is 41.4. The Hall–Kier alpha value is -5.19. The number of benzene rings is 4. The summed E-state index contributed by atoms with van der Waals surface area (Å²) >= 11 is 0. The van der Waals surface area contributed by atoms with Crippen molar-refractivity contribution in [1.82, 2.24) is 8.47 Å². The number of rotatable bonds is 34. The van der Waals surface area contributed by atoms with Gasteiger partial charge >= 0.3 is 8.88 Å². The molecule has 81 heavy (non-hydrogen) atoms. The highest BCUT2D eigenvalue weighted by Crippen LogP contribution is 2.48. The standard InChI is InChI=1S/C68H94N8O2Si3/c1-7-13-19-33-47-79(48-34-20-14-8-2,49-35-21-15-9-3)77-81(78-80(50-36-22-16-10-4,51-37-23-17-11-5)52-38-24-18-12-6)75-65-57-43-29-30-44-58(57)67(75)73-63-55-41-27-28-42-56(55)64(70-63)74-68-60-46-32-31-45-59(60)66(76(68)81)72-62-54-40-26-25-39-53(54)61(69-62)71-65/h25-32,39-46H,7-24,33-38,47-52H2,1-6H3. The van der Waals surface area contributed by atoms with Crippen LogP contribution in [0.4, 0.5) is 11.6 Å². The Morgan fingerprint density at radius 3 is 0.877 bits per heavy atom. The smallest absolute Gasteiger partial charge is 0.404 e. The Morgan fingerprint density at radius 1 is 0.309 bits per heavy atom. The Balaban J connectivity index is 1.43. The monoisotopic (exact) mass is 1140 g/mol. The molecule has 0 unspecified atom stereocenters. The summed E-state index contributed by atoms with van der Waals surface area (Å²) in [7, 11) is -10.2. The second kappa shape index (κ2) is 27.9. The molecule has 10 nitrogen and oxygen atoms in total. The predicted molar refractivity (Wildman–Crippen MR) is 348 cm³/mol. The van der Waals surface area contributed by atoms with E-state index in [1.54, 1.807) is 0 Å². The van der Waals surface area contributed by atoms with Crippen LogP contribution in [0.5, 0.6) is 0 Å². The molecule has 0 spiro atoms. The number of aromatic nitrogens is 2. The Kier molecular flexibility index (Phi) is 20.3. The molecule has 6 bridgehead atoms. The van der Waals surface area contributed by atoms with Gasteiger partial charge in [-0.05, 0) is 36.3 Å². The van der Waals surface area contributed by atoms with Crippen LogP contribution in [0.3, 0.4) is 0 Å². The van der Waals surface area contributed by atoms with E-state index in [1.165, 1.54) is 116 Å². The van der Waals surface area contributed by atoms with Crippen LogP contribution in [0.1, 0.15) is 218 Å². The molecule has 2 aromatic heterocycles. The van der Waals surface area contributed by atoms with Crippen LogP contribution in [0.2, 0.25) is 36.3 Å². The lowest BCUT2D eigenvalue weighted by Gasteiger charge is -2.47. The van der Waals surface area contributed by atoms with Gasteiger partial charge in [0.25, 0.3) is 0 Å². The molecule has 6 heterocycles. The fraction of sp³-hybridized carbons (Fsp3) is 0.529. The van der Waals surface area contributed by atoms with Crippen LogP contribution >= 0.6 is 0 Å². The molecule has 0 amide bonds. The maximum Gasteiger partial charge on any atom is 0.582 e. The van der Waals surface area contributed by atoms with E-state index in [9.17, 15) is 8.23 Å².